The number of rotatable bonds is 8. The van der Waals surface area contributed by atoms with Crippen LogP contribution in [0.1, 0.15) is 35.7 Å². The van der Waals surface area contributed by atoms with Crippen LogP contribution in [0.2, 0.25) is 0 Å². The molecule has 2 aromatic heterocycles. The van der Waals surface area contributed by atoms with Gasteiger partial charge in [-0.2, -0.15) is 0 Å². The summed E-state index contributed by atoms with van der Waals surface area (Å²) in [7, 11) is 3.03. The van der Waals surface area contributed by atoms with Crippen LogP contribution in [0.25, 0.3) is 11.6 Å². The summed E-state index contributed by atoms with van der Waals surface area (Å²) < 4.78 is 8.32. The van der Waals surface area contributed by atoms with E-state index in [1.54, 1.807) is 29.9 Å². The highest BCUT2D eigenvalue weighted by atomic mass is 32.1. The SMILES string of the molecule is CCOC(=O)Cn1c2c(n(Cc3cccs3)c1=O)C=C(c1ccccc1)[C@@H](C)C(C(=O)N(C)OC)C2. The Hall–Kier alpha value is -3.43. The third-order valence-electron chi connectivity index (χ3n) is 6.67. The molecule has 0 bridgehead atoms. The molecule has 2 heterocycles. The number of hydroxylamine groups is 2. The van der Waals surface area contributed by atoms with Crippen LogP contribution in [-0.4, -0.2) is 46.8 Å². The molecular weight excluding hydrogens is 478 g/mol. The van der Waals surface area contributed by atoms with E-state index in [-0.39, 0.29) is 37.1 Å². The van der Waals surface area contributed by atoms with E-state index in [0.29, 0.717) is 17.9 Å². The van der Waals surface area contributed by atoms with Gasteiger partial charge in [-0.05, 0) is 41.5 Å². The number of benzene rings is 1. The fourth-order valence-electron chi connectivity index (χ4n) is 4.73. The molecule has 3 aromatic rings. The van der Waals surface area contributed by atoms with Crippen LogP contribution in [0.15, 0.2) is 52.6 Å². The van der Waals surface area contributed by atoms with E-state index in [1.165, 1.54) is 16.7 Å². The first-order chi connectivity index (χ1) is 17.3. The molecular formula is C27H31N3O5S. The molecule has 1 aliphatic rings. The number of aromatic nitrogens is 2. The maximum atomic E-state index is 13.7. The number of hydrogen-bond acceptors (Lipinski definition) is 6. The number of carbonyl (C=O) groups is 2. The van der Waals surface area contributed by atoms with Gasteiger partial charge in [-0.15, -0.1) is 11.3 Å². The summed E-state index contributed by atoms with van der Waals surface area (Å²) >= 11 is 1.57. The van der Waals surface area contributed by atoms with Gasteiger partial charge in [-0.3, -0.25) is 23.6 Å². The van der Waals surface area contributed by atoms with Gasteiger partial charge in [0.25, 0.3) is 0 Å². The number of ether oxygens (including phenoxy) is 1. The third kappa shape index (κ3) is 5.08. The van der Waals surface area contributed by atoms with E-state index in [0.717, 1.165) is 16.0 Å². The van der Waals surface area contributed by atoms with Gasteiger partial charge in [0.15, 0.2) is 0 Å². The number of amides is 1. The fraction of sp³-hybridized carbons (Fsp3) is 0.370. The van der Waals surface area contributed by atoms with Crippen LogP contribution in [-0.2, 0) is 38.7 Å². The summed E-state index contributed by atoms with van der Waals surface area (Å²) in [6, 6.07) is 13.8. The standard InChI is InChI=1S/C27H31N3O5S/c1-5-35-25(31)17-30-24-15-22(26(32)28(3)34-4)18(2)21(19-10-7-6-8-11-19)14-23(24)29(27(30)33)16-20-12-9-13-36-20/h6-14,18,22H,5,15-17H2,1-4H3/t18-,22?/m1/s1. The molecule has 190 valence electrons. The highest BCUT2D eigenvalue weighted by Gasteiger charge is 2.36. The molecule has 1 aliphatic carbocycles. The van der Waals surface area contributed by atoms with Gasteiger partial charge in [0.2, 0.25) is 5.91 Å². The largest absolute Gasteiger partial charge is 0.465 e. The first-order valence-electron chi connectivity index (χ1n) is 11.9. The van der Waals surface area contributed by atoms with Gasteiger partial charge in [0.05, 0.1) is 31.9 Å². The van der Waals surface area contributed by atoms with Gasteiger partial charge in [-0.25, -0.2) is 9.86 Å². The number of nitrogens with zero attached hydrogens (tertiary/aromatic N) is 3. The smallest absolute Gasteiger partial charge is 0.329 e. The first kappa shape index (κ1) is 25.7. The predicted octanol–water partition coefficient (Wildman–Crippen LogP) is 3.69. The summed E-state index contributed by atoms with van der Waals surface area (Å²) in [6.07, 6.45) is 2.29. The Kier molecular flexibility index (Phi) is 7.91. The second-order valence-electron chi connectivity index (χ2n) is 8.75. The van der Waals surface area contributed by atoms with Crippen LogP contribution in [0.5, 0.6) is 0 Å². The van der Waals surface area contributed by atoms with E-state index in [9.17, 15) is 14.4 Å². The Balaban J connectivity index is 1.94. The van der Waals surface area contributed by atoms with Crippen molar-refractivity contribution in [2.24, 2.45) is 11.8 Å². The normalized spacial score (nSPS) is 17.2. The topological polar surface area (TPSA) is 82.8 Å². The molecule has 9 heteroatoms. The number of hydrogen-bond donors (Lipinski definition) is 0. The Labute approximate surface area is 214 Å². The van der Waals surface area contributed by atoms with Gasteiger partial charge >= 0.3 is 11.7 Å². The van der Waals surface area contributed by atoms with Crippen LogP contribution in [0.4, 0.5) is 0 Å². The minimum atomic E-state index is -0.506. The molecule has 0 radical (unpaired) electrons. The van der Waals surface area contributed by atoms with Crippen LogP contribution < -0.4 is 5.69 Å². The number of carbonyl (C=O) groups excluding carboxylic acids is 2. The Morgan fingerprint density at radius 1 is 1.14 bits per heavy atom. The molecule has 1 amide bonds. The van der Waals surface area contributed by atoms with Crippen molar-refractivity contribution in [1.29, 1.82) is 0 Å². The number of esters is 1. The zero-order chi connectivity index (χ0) is 25.8. The molecule has 36 heavy (non-hydrogen) atoms. The highest BCUT2D eigenvalue weighted by Crippen LogP contribution is 2.38. The van der Waals surface area contributed by atoms with Gasteiger partial charge < -0.3 is 4.74 Å². The molecule has 0 N–H and O–H groups in total. The summed E-state index contributed by atoms with van der Waals surface area (Å²) in [5.41, 5.74) is 2.98. The number of fused-ring (bicyclic) bond motifs is 1. The molecule has 0 saturated carbocycles. The monoisotopic (exact) mass is 509 g/mol. The molecule has 0 spiro atoms. The molecule has 1 aromatic carbocycles. The lowest BCUT2D eigenvalue weighted by Crippen LogP contribution is -2.37. The minimum Gasteiger partial charge on any atom is -0.465 e. The maximum Gasteiger partial charge on any atom is 0.329 e. The second-order valence-corrected chi connectivity index (χ2v) is 9.79. The average Bonchev–Trinajstić information content (AvgIpc) is 3.44. The first-order valence-corrected chi connectivity index (χ1v) is 12.8. The zero-order valence-electron chi connectivity index (χ0n) is 21.0. The van der Waals surface area contributed by atoms with E-state index in [2.05, 4.69) is 0 Å². The lowest BCUT2D eigenvalue weighted by atomic mass is 9.82. The maximum absolute atomic E-state index is 13.7. The van der Waals surface area contributed by atoms with Crippen molar-refractivity contribution < 1.29 is 19.2 Å². The predicted molar refractivity (Wildman–Crippen MR) is 139 cm³/mol. The summed E-state index contributed by atoms with van der Waals surface area (Å²) in [4.78, 5) is 45.9. The zero-order valence-corrected chi connectivity index (χ0v) is 21.8. The molecule has 1 unspecified atom stereocenters. The van der Waals surface area contributed by atoms with Crippen molar-refractivity contribution >= 4 is 34.9 Å². The highest BCUT2D eigenvalue weighted by molar-refractivity contribution is 7.09. The average molecular weight is 510 g/mol. The fourth-order valence-corrected chi connectivity index (χ4v) is 5.42. The molecule has 0 saturated heterocycles. The molecule has 4 rings (SSSR count). The van der Waals surface area contributed by atoms with E-state index in [4.69, 9.17) is 9.57 Å². The van der Waals surface area contributed by atoms with Crippen molar-refractivity contribution in [2.75, 3.05) is 20.8 Å². The third-order valence-corrected chi connectivity index (χ3v) is 7.53. The summed E-state index contributed by atoms with van der Waals surface area (Å²) in [5.74, 6) is -1.36. The van der Waals surface area contributed by atoms with Crippen molar-refractivity contribution in [3.8, 4) is 0 Å². The second kappa shape index (κ2) is 11.1. The molecule has 8 nitrogen and oxygen atoms in total. The molecule has 2 atom stereocenters. The van der Waals surface area contributed by atoms with E-state index < -0.39 is 11.9 Å². The van der Waals surface area contributed by atoms with Crippen LogP contribution in [0.3, 0.4) is 0 Å². The van der Waals surface area contributed by atoms with Crippen molar-refractivity contribution in [3.63, 3.8) is 0 Å². The summed E-state index contributed by atoms with van der Waals surface area (Å²) in [6.45, 7) is 4.14. The van der Waals surface area contributed by atoms with E-state index in [1.807, 2.05) is 60.8 Å². The van der Waals surface area contributed by atoms with Crippen molar-refractivity contribution in [2.45, 2.75) is 33.4 Å². The van der Waals surface area contributed by atoms with Gasteiger partial charge in [0, 0.05) is 24.0 Å². The number of allylic oxidation sites excluding steroid dienone is 1. The van der Waals surface area contributed by atoms with Crippen LogP contribution >= 0.6 is 11.3 Å². The molecule has 0 fully saturated rings. The van der Waals surface area contributed by atoms with Gasteiger partial charge in [0.1, 0.15) is 6.54 Å². The van der Waals surface area contributed by atoms with Crippen LogP contribution in [0, 0.1) is 11.8 Å². The van der Waals surface area contributed by atoms with Crippen molar-refractivity contribution in [3.05, 3.63) is 80.2 Å². The summed E-state index contributed by atoms with van der Waals surface area (Å²) in [5, 5.41) is 3.20. The van der Waals surface area contributed by atoms with E-state index >= 15 is 0 Å². The lowest BCUT2D eigenvalue weighted by Gasteiger charge is -2.27. The quantitative estimate of drug-likeness (QED) is 0.342. The Morgan fingerprint density at radius 3 is 2.53 bits per heavy atom. The minimum absolute atomic E-state index is 0.175. The number of thiophene rings is 1. The number of imidazole rings is 1. The van der Waals surface area contributed by atoms with Crippen molar-refractivity contribution in [1.82, 2.24) is 14.2 Å². The molecule has 0 aliphatic heterocycles. The Morgan fingerprint density at radius 2 is 1.89 bits per heavy atom. The Bertz CT molecular complexity index is 1310. The van der Waals surface area contributed by atoms with Gasteiger partial charge in [-0.1, -0.05) is 43.3 Å². The lowest BCUT2D eigenvalue weighted by molar-refractivity contribution is -0.174.